The van der Waals surface area contributed by atoms with Crippen LogP contribution < -0.4 is 5.32 Å². The fraction of sp³-hybridized carbons (Fsp3) is 0.818. The van der Waals surface area contributed by atoms with E-state index in [2.05, 4.69) is 47.8 Å². The number of allylic oxidation sites excluding steroid dienone is 2. The molecule has 1 nitrogen and oxygen atoms in total. The van der Waals surface area contributed by atoms with Crippen molar-refractivity contribution in [2.75, 3.05) is 7.05 Å². The van der Waals surface area contributed by atoms with Crippen molar-refractivity contribution < 1.29 is 0 Å². The molecule has 0 amide bonds. The van der Waals surface area contributed by atoms with Crippen LogP contribution in [0.4, 0.5) is 0 Å². The van der Waals surface area contributed by atoms with E-state index in [0.29, 0.717) is 5.54 Å². The standard InChI is InChI=1S/C11H20IN/c1-11(2,13-3)8-4-5-9-6-7-10(9)12/h7,9,13H,4-6,8H2,1-3H3. The van der Waals surface area contributed by atoms with Crippen LogP contribution in [0, 0.1) is 5.92 Å². The number of nitrogens with one attached hydrogen (secondary N) is 1. The largest absolute Gasteiger partial charge is 0.315 e. The van der Waals surface area contributed by atoms with Crippen molar-refractivity contribution >= 4 is 22.6 Å². The lowest BCUT2D eigenvalue weighted by molar-refractivity contribution is 0.362. The molecule has 1 unspecified atom stereocenters. The molecule has 0 bridgehead atoms. The van der Waals surface area contributed by atoms with Crippen LogP contribution in [0.5, 0.6) is 0 Å². The molecule has 0 aromatic rings. The summed E-state index contributed by atoms with van der Waals surface area (Å²) >= 11 is 2.47. The molecule has 0 fully saturated rings. The minimum absolute atomic E-state index is 0.318. The van der Waals surface area contributed by atoms with Gasteiger partial charge in [0.1, 0.15) is 0 Å². The van der Waals surface area contributed by atoms with E-state index in [0.717, 1.165) is 5.92 Å². The van der Waals surface area contributed by atoms with Crippen molar-refractivity contribution in [1.82, 2.24) is 5.32 Å². The van der Waals surface area contributed by atoms with Crippen molar-refractivity contribution in [3.05, 3.63) is 9.66 Å². The first-order valence-corrected chi connectivity index (χ1v) is 6.17. The molecule has 1 N–H and O–H groups in total. The van der Waals surface area contributed by atoms with Crippen molar-refractivity contribution in [1.29, 1.82) is 0 Å². The number of hydrogen-bond acceptors (Lipinski definition) is 1. The first-order valence-electron chi connectivity index (χ1n) is 5.09. The van der Waals surface area contributed by atoms with Gasteiger partial charge in [0.25, 0.3) is 0 Å². The topological polar surface area (TPSA) is 12.0 Å². The maximum absolute atomic E-state index is 3.35. The Kier molecular flexibility index (Phi) is 4.23. The minimum atomic E-state index is 0.318. The van der Waals surface area contributed by atoms with Gasteiger partial charge in [0.05, 0.1) is 0 Å². The summed E-state index contributed by atoms with van der Waals surface area (Å²) in [6, 6.07) is 0. The molecule has 0 heterocycles. The zero-order valence-electron chi connectivity index (χ0n) is 8.86. The van der Waals surface area contributed by atoms with Gasteiger partial charge in [-0.2, -0.15) is 0 Å². The minimum Gasteiger partial charge on any atom is -0.315 e. The second-order valence-electron chi connectivity index (χ2n) is 4.55. The number of hydrogen-bond donors (Lipinski definition) is 1. The molecule has 2 heteroatoms. The second kappa shape index (κ2) is 4.78. The van der Waals surface area contributed by atoms with Crippen molar-refractivity contribution in [3.8, 4) is 0 Å². The number of halogens is 1. The van der Waals surface area contributed by atoms with Crippen LogP contribution in [-0.2, 0) is 0 Å². The molecule has 0 spiro atoms. The third-order valence-electron chi connectivity index (χ3n) is 3.02. The Labute approximate surface area is 95.5 Å². The van der Waals surface area contributed by atoms with E-state index < -0.39 is 0 Å². The molecule has 76 valence electrons. The van der Waals surface area contributed by atoms with Gasteiger partial charge < -0.3 is 5.32 Å². The Hall–Kier alpha value is 0.430. The van der Waals surface area contributed by atoms with Crippen LogP contribution in [0.15, 0.2) is 9.66 Å². The predicted molar refractivity (Wildman–Crippen MR) is 67.2 cm³/mol. The van der Waals surface area contributed by atoms with Crippen LogP contribution in [0.3, 0.4) is 0 Å². The summed E-state index contributed by atoms with van der Waals surface area (Å²) < 4.78 is 1.58. The monoisotopic (exact) mass is 293 g/mol. The Morgan fingerprint density at radius 3 is 2.69 bits per heavy atom. The van der Waals surface area contributed by atoms with Crippen LogP contribution >= 0.6 is 22.6 Å². The SMILES string of the molecule is CNC(C)(C)CCCC1CC=C1I. The summed E-state index contributed by atoms with van der Waals surface area (Å²) in [7, 11) is 2.05. The Balaban J connectivity index is 2.11. The fourth-order valence-corrected chi connectivity index (χ4v) is 2.36. The molecule has 13 heavy (non-hydrogen) atoms. The van der Waals surface area contributed by atoms with E-state index in [4.69, 9.17) is 0 Å². The van der Waals surface area contributed by atoms with Gasteiger partial charge >= 0.3 is 0 Å². The molecule has 0 aromatic heterocycles. The van der Waals surface area contributed by atoms with Crippen molar-refractivity contribution in [2.24, 2.45) is 5.92 Å². The van der Waals surface area contributed by atoms with Gasteiger partial charge in [0.15, 0.2) is 0 Å². The predicted octanol–water partition coefficient (Wildman–Crippen LogP) is 3.49. The highest BCUT2D eigenvalue weighted by Gasteiger charge is 2.20. The summed E-state index contributed by atoms with van der Waals surface area (Å²) in [6.45, 7) is 4.54. The van der Waals surface area contributed by atoms with Crippen LogP contribution in [0.1, 0.15) is 39.5 Å². The van der Waals surface area contributed by atoms with Gasteiger partial charge in [0.2, 0.25) is 0 Å². The average molecular weight is 293 g/mol. The lowest BCUT2D eigenvalue weighted by Gasteiger charge is -2.27. The zero-order valence-corrected chi connectivity index (χ0v) is 11.0. The Morgan fingerprint density at radius 1 is 1.62 bits per heavy atom. The van der Waals surface area contributed by atoms with E-state index in [1.54, 1.807) is 3.58 Å². The molecule has 0 aromatic carbocycles. The first kappa shape index (κ1) is 11.5. The molecule has 0 saturated heterocycles. The molecule has 0 radical (unpaired) electrons. The van der Waals surface area contributed by atoms with Crippen molar-refractivity contribution in [3.63, 3.8) is 0 Å². The second-order valence-corrected chi connectivity index (χ2v) is 5.79. The van der Waals surface area contributed by atoms with Crippen LogP contribution in [-0.4, -0.2) is 12.6 Å². The van der Waals surface area contributed by atoms with E-state index in [1.165, 1.54) is 25.7 Å². The average Bonchev–Trinajstić information content (AvgIpc) is 2.10. The summed E-state index contributed by atoms with van der Waals surface area (Å²) in [5.41, 5.74) is 0.318. The molecular formula is C11H20IN. The maximum Gasteiger partial charge on any atom is 0.0122 e. The summed E-state index contributed by atoms with van der Waals surface area (Å²) in [4.78, 5) is 0. The molecular weight excluding hydrogens is 273 g/mol. The molecule has 1 aliphatic carbocycles. The smallest absolute Gasteiger partial charge is 0.0122 e. The normalized spacial score (nSPS) is 22.5. The van der Waals surface area contributed by atoms with Gasteiger partial charge in [-0.15, -0.1) is 0 Å². The maximum atomic E-state index is 3.35. The lowest BCUT2D eigenvalue weighted by Crippen LogP contribution is -2.36. The molecule has 1 atom stereocenters. The Morgan fingerprint density at radius 2 is 2.31 bits per heavy atom. The van der Waals surface area contributed by atoms with Gasteiger partial charge in [-0.1, -0.05) is 12.5 Å². The van der Waals surface area contributed by atoms with Gasteiger partial charge in [0, 0.05) is 5.54 Å². The Bertz CT molecular complexity index is 196. The lowest BCUT2D eigenvalue weighted by atomic mass is 9.87. The van der Waals surface area contributed by atoms with E-state index in [1.807, 2.05) is 7.05 Å². The van der Waals surface area contributed by atoms with E-state index in [-0.39, 0.29) is 0 Å². The van der Waals surface area contributed by atoms with E-state index >= 15 is 0 Å². The highest BCUT2D eigenvalue weighted by atomic mass is 127. The highest BCUT2D eigenvalue weighted by molar-refractivity contribution is 14.1. The van der Waals surface area contributed by atoms with Crippen molar-refractivity contribution in [2.45, 2.75) is 45.1 Å². The first-order chi connectivity index (χ1) is 6.05. The quantitative estimate of drug-likeness (QED) is 0.765. The van der Waals surface area contributed by atoms with Crippen LogP contribution in [0.2, 0.25) is 0 Å². The van der Waals surface area contributed by atoms with Gasteiger partial charge in [-0.3, -0.25) is 0 Å². The summed E-state index contributed by atoms with van der Waals surface area (Å²) in [5.74, 6) is 0.897. The van der Waals surface area contributed by atoms with Gasteiger partial charge in [-0.05, 0) is 72.2 Å². The third kappa shape index (κ3) is 3.58. The third-order valence-corrected chi connectivity index (χ3v) is 4.34. The molecule has 1 aliphatic rings. The molecule has 1 rings (SSSR count). The summed E-state index contributed by atoms with van der Waals surface area (Å²) in [5, 5.41) is 3.35. The highest BCUT2D eigenvalue weighted by Crippen LogP contribution is 2.36. The summed E-state index contributed by atoms with van der Waals surface area (Å²) in [6.07, 6.45) is 7.66. The zero-order chi connectivity index (χ0) is 9.90. The van der Waals surface area contributed by atoms with Crippen LogP contribution in [0.25, 0.3) is 0 Å². The van der Waals surface area contributed by atoms with Gasteiger partial charge in [-0.25, -0.2) is 0 Å². The molecule has 0 aliphatic heterocycles. The van der Waals surface area contributed by atoms with E-state index in [9.17, 15) is 0 Å². The fourth-order valence-electron chi connectivity index (χ4n) is 1.54. The molecule has 0 saturated carbocycles. The number of rotatable bonds is 5.